The van der Waals surface area contributed by atoms with Crippen LogP contribution in [0.1, 0.15) is 23.2 Å². The van der Waals surface area contributed by atoms with Crippen molar-refractivity contribution in [2.75, 3.05) is 26.8 Å². The molecule has 1 N–H and O–H groups in total. The van der Waals surface area contributed by atoms with Crippen LogP contribution in [0.4, 0.5) is 0 Å². The first-order valence-corrected chi connectivity index (χ1v) is 8.41. The molecule has 0 spiro atoms. The lowest BCUT2D eigenvalue weighted by Gasteiger charge is -2.31. The van der Waals surface area contributed by atoms with E-state index in [1.165, 1.54) is 12.8 Å². The molecule has 5 nitrogen and oxygen atoms in total. The number of aromatic carboxylic acids is 1. The second kappa shape index (κ2) is 5.80. The van der Waals surface area contributed by atoms with Gasteiger partial charge in [0, 0.05) is 26.2 Å². The fourth-order valence-electron chi connectivity index (χ4n) is 5.14. The highest BCUT2D eigenvalue weighted by molar-refractivity contribution is 5.90. The average molecular weight is 317 g/mol. The lowest BCUT2D eigenvalue weighted by Crippen LogP contribution is -2.43. The van der Waals surface area contributed by atoms with Gasteiger partial charge in [0.1, 0.15) is 17.9 Å². The molecule has 1 aliphatic heterocycles. The van der Waals surface area contributed by atoms with Gasteiger partial charge in [-0.3, -0.25) is 4.90 Å². The number of likely N-dealkylation sites (tertiary alicyclic amines) is 1. The Kier molecular flexibility index (Phi) is 3.77. The van der Waals surface area contributed by atoms with Crippen molar-refractivity contribution in [1.29, 1.82) is 0 Å². The number of benzene rings is 1. The van der Waals surface area contributed by atoms with Gasteiger partial charge in [0.2, 0.25) is 0 Å². The van der Waals surface area contributed by atoms with Crippen LogP contribution >= 0.6 is 0 Å². The Morgan fingerprint density at radius 2 is 2.13 bits per heavy atom. The largest absolute Gasteiger partial charge is 0.491 e. The Balaban J connectivity index is 1.38. The molecule has 5 heteroatoms. The molecule has 1 heterocycles. The standard InChI is InChI=1S/C18H23NO4/c1-22-17-11-8-12-10-19(16(17)14(12)9-11)6-7-23-15-5-3-2-4-13(15)18(20)21/h2-5,11-12,14,16-17H,6-10H2,1H3,(H,20,21). The SMILES string of the molecule is COC1C2CC3CN(CCOc4ccccc4C(=O)O)C1C3C2. The summed E-state index contributed by atoms with van der Waals surface area (Å²) < 4.78 is 11.5. The summed E-state index contributed by atoms with van der Waals surface area (Å²) in [6.07, 6.45) is 2.98. The van der Waals surface area contributed by atoms with Gasteiger partial charge < -0.3 is 14.6 Å². The number of hydrogen-bond donors (Lipinski definition) is 1. The van der Waals surface area contributed by atoms with Gasteiger partial charge in [0.15, 0.2) is 0 Å². The third-order valence-electron chi connectivity index (χ3n) is 5.94. The van der Waals surface area contributed by atoms with Gasteiger partial charge in [0.05, 0.1) is 6.10 Å². The number of carbonyl (C=O) groups is 1. The van der Waals surface area contributed by atoms with Crippen LogP contribution in [-0.4, -0.2) is 54.9 Å². The molecule has 1 aromatic carbocycles. The second-order valence-electron chi connectivity index (χ2n) is 6.99. The van der Waals surface area contributed by atoms with Crippen molar-refractivity contribution in [3.05, 3.63) is 29.8 Å². The van der Waals surface area contributed by atoms with Crippen LogP contribution in [0, 0.1) is 17.8 Å². The molecule has 2 bridgehead atoms. The van der Waals surface area contributed by atoms with E-state index in [0.29, 0.717) is 24.5 Å². The minimum atomic E-state index is -0.946. The van der Waals surface area contributed by atoms with Gasteiger partial charge in [-0.1, -0.05) is 12.1 Å². The number of rotatable bonds is 6. The molecule has 1 aromatic rings. The summed E-state index contributed by atoms with van der Waals surface area (Å²) in [6.45, 7) is 2.48. The van der Waals surface area contributed by atoms with Crippen LogP contribution in [0.25, 0.3) is 0 Å². The monoisotopic (exact) mass is 317 g/mol. The summed E-state index contributed by atoms with van der Waals surface area (Å²) in [4.78, 5) is 13.7. The molecular weight excluding hydrogens is 294 g/mol. The molecule has 0 aromatic heterocycles. The van der Waals surface area contributed by atoms with E-state index in [2.05, 4.69) is 4.90 Å². The second-order valence-corrected chi connectivity index (χ2v) is 6.99. The fourth-order valence-corrected chi connectivity index (χ4v) is 5.14. The van der Waals surface area contributed by atoms with Crippen molar-refractivity contribution in [2.24, 2.45) is 17.8 Å². The zero-order valence-corrected chi connectivity index (χ0v) is 13.4. The summed E-state index contributed by atoms with van der Waals surface area (Å²) in [5, 5.41) is 9.20. The van der Waals surface area contributed by atoms with E-state index in [4.69, 9.17) is 9.47 Å². The van der Waals surface area contributed by atoms with Crippen molar-refractivity contribution in [3.63, 3.8) is 0 Å². The van der Waals surface area contributed by atoms with Crippen LogP contribution in [0.3, 0.4) is 0 Å². The van der Waals surface area contributed by atoms with Gasteiger partial charge in [-0.05, 0) is 42.7 Å². The molecule has 3 fully saturated rings. The molecule has 0 amide bonds. The first-order valence-electron chi connectivity index (χ1n) is 8.41. The van der Waals surface area contributed by atoms with Crippen molar-refractivity contribution in [3.8, 4) is 5.75 Å². The van der Waals surface area contributed by atoms with E-state index in [1.54, 1.807) is 24.3 Å². The van der Waals surface area contributed by atoms with E-state index in [1.807, 2.05) is 7.11 Å². The lowest BCUT2D eigenvalue weighted by atomic mass is 9.88. The van der Waals surface area contributed by atoms with E-state index in [9.17, 15) is 9.90 Å². The van der Waals surface area contributed by atoms with Crippen molar-refractivity contribution >= 4 is 5.97 Å². The zero-order valence-electron chi connectivity index (χ0n) is 13.4. The predicted molar refractivity (Wildman–Crippen MR) is 84.8 cm³/mol. The highest BCUT2D eigenvalue weighted by atomic mass is 16.5. The Bertz CT molecular complexity index is 602. The van der Waals surface area contributed by atoms with Gasteiger partial charge in [0.25, 0.3) is 0 Å². The Morgan fingerprint density at radius 3 is 2.91 bits per heavy atom. The quantitative estimate of drug-likeness (QED) is 0.871. The third-order valence-corrected chi connectivity index (χ3v) is 5.94. The number of fused-ring (bicyclic) bond motifs is 1. The highest BCUT2D eigenvalue weighted by Gasteiger charge is 2.59. The minimum absolute atomic E-state index is 0.227. The van der Waals surface area contributed by atoms with Gasteiger partial charge in [-0.2, -0.15) is 0 Å². The lowest BCUT2D eigenvalue weighted by molar-refractivity contribution is 0.00823. The minimum Gasteiger partial charge on any atom is -0.491 e. The van der Waals surface area contributed by atoms with Gasteiger partial charge in [-0.25, -0.2) is 4.79 Å². The maximum absolute atomic E-state index is 11.2. The maximum Gasteiger partial charge on any atom is 0.339 e. The maximum atomic E-state index is 11.2. The molecular formula is C18H23NO4. The molecule has 2 aliphatic carbocycles. The predicted octanol–water partition coefficient (Wildman–Crippen LogP) is 2.12. The number of methoxy groups -OCH3 is 1. The zero-order chi connectivity index (χ0) is 16.0. The molecule has 4 rings (SSSR count). The summed E-state index contributed by atoms with van der Waals surface area (Å²) in [5.74, 6) is 1.85. The summed E-state index contributed by atoms with van der Waals surface area (Å²) >= 11 is 0. The third kappa shape index (κ3) is 2.42. The van der Waals surface area contributed by atoms with E-state index >= 15 is 0 Å². The first-order chi connectivity index (χ1) is 11.2. The molecule has 23 heavy (non-hydrogen) atoms. The molecule has 124 valence electrons. The molecule has 5 unspecified atom stereocenters. The van der Waals surface area contributed by atoms with Crippen LogP contribution in [0.5, 0.6) is 5.75 Å². The molecule has 3 aliphatic rings. The number of hydrogen-bond acceptors (Lipinski definition) is 4. The van der Waals surface area contributed by atoms with Crippen LogP contribution in [0.2, 0.25) is 0 Å². The van der Waals surface area contributed by atoms with E-state index in [0.717, 1.165) is 30.8 Å². The first kappa shape index (κ1) is 15.0. The van der Waals surface area contributed by atoms with Gasteiger partial charge in [-0.15, -0.1) is 0 Å². The fraction of sp³-hybridized carbons (Fsp3) is 0.611. The topological polar surface area (TPSA) is 59.0 Å². The Morgan fingerprint density at radius 1 is 1.30 bits per heavy atom. The van der Waals surface area contributed by atoms with E-state index < -0.39 is 5.97 Å². The number of carboxylic acids is 1. The van der Waals surface area contributed by atoms with Crippen LogP contribution in [-0.2, 0) is 4.74 Å². The highest BCUT2D eigenvalue weighted by Crippen LogP contribution is 2.55. The molecule has 1 saturated heterocycles. The van der Waals surface area contributed by atoms with Crippen molar-refractivity contribution in [2.45, 2.75) is 25.0 Å². The van der Waals surface area contributed by atoms with E-state index in [-0.39, 0.29) is 5.56 Å². The number of carboxylic acid groups (broad SMARTS) is 1. The smallest absolute Gasteiger partial charge is 0.339 e. The molecule has 0 radical (unpaired) electrons. The number of para-hydroxylation sites is 1. The van der Waals surface area contributed by atoms with Crippen LogP contribution < -0.4 is 4.74 Å². The Labute approximate surface area is 136 Å². The van der Waals surface area contributed by atoms with Gasteiger partial charge >= 0.3 is 5.97 Å². The number of nitrogens with zero attached hydrogens (tertiary/aromatic N) is 1. The summed E-state index contributed by atoms with van der Waals surface area (Å²) in [6, 6.07) is 7.36. The van der Waals surface area contributed by atoms with Crippen molar-refractivity contribution in [1.82, 2.24) is 4.90 Å². The van der Waals surface area contributed by atoms with Crippen LogP contribution in [0.15, 0.2) is 24.3 Å². The summed E-state index contributed by atoms with van der Waals surface area (Å²) in [7, 11) is 1.83. The average Bonchev–Trinajstić information content (AvgIpc) is 3.16. The molecule has 2 saturated carbocycles. The van der Waals surface area contributed by atoms with Crippen molar-refractivity contribution < 1.29 is 19.4 Å². The summed E-state index contributed by atoms with van der Waals surface area (Å²) in [5.41, 5.74) is 0.227. The molecule has 5 atom stereocenters. The Hall–Kier alpha value is -1.59. The number of ether oxygens (including phenoxy) is 2. The normalized spacial score (nSPS) is 34.9.